The first-order chi connectivity index (χ1) is 6.61. The zero-order chi connectivity index (χ0) is 10.2. The second-order valence-corrected chi connectivity index (χ2v) is 4.34. The van der Waals surface area contributed by atoms with Gasteiger partial charge in [0.2, 0.25) is 0 Å². The van der Waals surface area contributed by atoms with Crippen molar-refractivity contribution in [3.63, 3.8) is 0 Å². The fourth-order valence-corrected chi connectivity index (χ4v) is 1.70. The van der Waals surface area contributed by atoms with E-state index in [1.54, 1.807) is 12.1 Å². The van der Waals surface area contributed by atoms with Gasteiger partial charge in [0, 0.05) is 0 Å². The molecule has 1 aromatic carbocycles. The summed E-state index contributed by atoms with van der Waals surface area (Å²) < 4.78 is 13.4. The monoisotopic (exact) mass is 214 g/mol. The Kier molecular flexibility index (Phi) is 2.50. The van der Waals surface area contributed by atoms with Crippen molar-refractivity contribution >= 4 is 11.6 Å². The summed E-state index contributed by atoms with van der Waals surface area (Å²) in [4.78, 5) is 0. The van der Waals surface area contributed by atoms with Crippen molar-refractivity contribution in [3.8, 4) is 0 Å². The van der Waals surface area contributed by atoms with Gasteiger partial charge < -0.3 is 5.11 Å². The topological polar surface area (TPSA) is 20.2 Å². The van der Waals surface area contributed by atoms with Crippen molar-refractivity contribution in [1.29, 1.82) is 0 Å². The molecular weight excluding hydrogens is 203 g/mol. The van der Waals surface area contributed by atoms with Gasteiger partial charge in [-0.25, -0.2) is 4.39 Å². The van der Waals surface area contributed by atoms with Gasteiger partial charge in [0.25, 0.3) is 0 Å². The Morgan fingerprint density at radius 1 is 1.43 bits per heavy atom. The van der Waals surface area contributed by atoms with Crippen molar-refractivity contribution in [3.05, 3.63) is 34.6 Å². The molecule has 1 nitrogen and oxygen atoms in total. The zero-order valence-corrected chi connectivity index (χ0v) is 8.52. The normalized spacial score (nSPS) is 18.2. The van der Waals surface area contributed by atoms with Crippen LogP contribution >= 0.6 is 11.6 Å². The molecule has 1 aliphatic carbocycles. The van der Waals surface area contributed by atoms with Gasteiger partial charge in [0.15, 0.2) is 0 Å². The van der Waals surface area contributed by atoms with Gasteiger partial charge in [-0.05, 0) is 37.3 Å². The van der Waals surface area contributed by atoms with Crippen molar-refractivity contribution in [2.24, 2.45) is 0 Å². The Labute approximate surface area is 87.5 Å². The van der Waals surface area contributed by atoms with Crippen LogP contribution in [-0.2, 0) is 6.42 Å². The Bertz CT molecular complexity index is 347. The number of hydrogen-bond acceptors (Lipinski definition) is 1. The summed E-state index contributed by atoms with van der Waals surface area (Å²) in [6, 6.07) is 4.98. The van der Waals surface area contributed by atoms with Gasteiger partial charge in [0.05, 0.1) is 10.6 Å². The Morgan fingerprint density at radius 3 is 2.79 bits per heavy atom. The van der Waals surface area contributed by atoms with Crippen molar-refractivity contribution in [2.45, 2.75) is 31.3 Å². The number of halogens is 2. The van der Waals surface area contributed by atoms with Gasteiger partial charge in [-0.15, -0.1) is 0 Å². The molecule has 0 bridgehead atoms. The minimum Gasteiger partial charge on any atom is -0.390 e. The highest BCUT2D eigenvalue weighted by molar-refractivity contribution is 6.30. The molecule has 0 heterocycles. The van der Waals surface area contributed by atoms with Crippen LogP contribution in [0.5, 0.6) is 0 Å². The fourth-order valence-electron chi connectivity index (χ4n) is 1.50. The van der Waals surface area contributed by atoms with Crippen LogP contribution in [0.4, 0.5) is 4.39 Å². The average Bonchev–Trinajstić information content (AvgIpc) is 2.88. The Morgan fingerprint density at radius 2 is 2.14 bits per heavy atom. The van der Waals surface area contributed by atoms with E-state index in [2.05, 4.69) is 0 Å². The molecule has 1 aliphatic rings. The van der Waals surface area contributed by atoms with Crippen LogP contribution < -0.4 is 0 Å². The largest absolute Gasteiger partial charge is 0.390 e. The van der Waals surface area contributed by atoms with E-state index < -0.39 is 5.60 Å². The number of aryl methyl sites for hydroxylation is 1. The molecule has 0 atom stereocenters. The van der Waals surface area contributed by atoms with Gasteiger partial charge in [0.1, 0.15) is 5.82 Å². The molecule has 0 aromatic heterocycles. The predicted octanol–water partition coefficient (Wildman–Crippen LogP) is 2.94. The van der Waals surface area contributed by atoms with Crippen molar-refractivity contribution < 1.29 is 9.50 Å². The molecule has 3 heteroatoms. The summed E-state index contributed by atoms with van der Waals surface area (Å²) in [5, 5.41) is 9.75. The second kappa shape index (κ2) is 3.52. The molecule has 0 saturated heterocycles. The molecule has 2 rings (SSSR count). The van der Waals surface area contributed by atoms with E-state index >= 15 is 0 Å². The second-order valence-electron chi connectivity index (χ2n) is 3.94. The first kappa shape index (κ1) is 9.94. The molecule has 0 spiro atoms. The highest BCUT2D eigenvalue weighted by Gasteiger charge is 2.39. The number of aliphatic hydroxyl groups is 1. The third-order valence-electron chi connectivity index (χ3n) is 2.72. The molecule has 14 heavy (non-hydrogen) atoms. The summed E-state index contributed by atoms with van der Waals surface area (Å²) in [5.41, 5.74) is 0.0761. The molecular formula is C11H12ClFO. The molecule has 0 unspecified atom stereocenters. The van der Waals surface area contributed by atoms with Gasteiger partial charge in [-0.1, -0.05) is 23.7 Å². The van der Waals surface area contributed by atoms with Crippen LogP contribution in [0.3, 0.4) is 0 Å². The third-order valence-corrected chi connectivity index (χ3v) is 3.01. The molecule has 1 N–H and O–H groups in total. The van der Waals surface area contributed by atoms with Gasteiger partial charge >= 0.3 is 0 Å². The maximum atomic E-state index is 13.4. The summed E-state index contributed by atoms with van der Waals surface area (Å²) in [6.45, 7) is 0. The van der Waals surface area contributed by atoms with Crippen molar-refractivity contribution in [2.75, 3.05) is 0 Å². The molecule has 76 valence electrons. The summed E-state index contributed by atoms with van der Waals surface area (Å²) in [7, 11) is 0. The highest BCUT2D eigenvalue weighted by Crippen LogP contribution is 2.39. The number of hydrogen-bond donors (Lipinski definition) is 1. The third kappa shape index (κ3) is 2.07. The van der Waals surface area contributed by atoms with Crippen LogP contribution in [0.15, 0.2) is 18.2 Å². The Balaban J connectivity index is 2.05. The quantitative estimate of drug-likeness (QED) is 0.820. The lowest BCUT2D eigenvalue weighted by molar-refractivity contribution is 0.140. The SMILES string of the molecule is OC1(CCc2cccc(Cl)c2F)CC1. The van der Waals surface area contributed by atoms with E-state index in [1.165, 1.54) is 6.07 Å². The summed E-state index contributed by atoms with van der Waals surface area (Å²) >= 11 is 5.64. The lowest BCUT2D eigenvalue weighted by Gasteiger charge is -2.08. The summed E-state index contributed by atoms with van der Waals surface area (Å²) in [6.07, 6.45) is 2.87. The van der Waals surface area contributed by atoms with E-state index in [0.29, 0.717) is 18.4 Å². The lowest BCUT2D eigenvalue weighted by atomic mass is 10.1. The fraction of sp³-hybridized carbons (Fsp3) is 0.455. The smallest absolute Gasteiger partial charge is 0.144 e. The lowest BCUT2D eigenvalue weighted by Crippen LogP contribution is -2.08. The van der Waals surface area contributed by atoms with Crippen molar-refractivity contribution in [1.82, 2.24) is 0 Å². The number of rotatable bonds is 3. The van der Waals surface area contributed by atoms with E-state index in [0.717, 1.165) is 12.8 Å². The summed E-state index contributed by atoms with van der Waals surface area (Å²) in [5.74, 6) is -0.349. The van der Waals surface area contributed by atoms with Gasteiger partial charge in [-0.3, -0.25) is 0 Å². The van der Waals surface area contributed by atoms with Crippen LogP contribution in [0.2, 0.25) is 5.02 Å². The standard InChI is InChI=1S/C11H12ClFO/c12-9-3-1-2-8(10(9)13)4-5-11(14)6-7-11/h1-3,14H,4-7H2. The molecule has 0 aliphatic heterocycles. The maximum Gasteiger partial charge on any atom is 0.144 e. The van der Waals surface area contributed by atoms with E-state index in [4.69, 9.17) is 11.6 Å². The first-order valence-corrected chi connectivity index (χ1v) is 5.14. The van der Waals surface area contributed by atoms with E-state index in [9.17, 15) is 9.50 Å². The minimum atomic E-state index is -0.519. The highest BCUT2D eigenvalue weighted by atomic mass is 35.5. The van der Waals surface area contributed by atoms with Crippen LogP contribution in [0.1, 0.15) is 24.8 Å². The minimum absolute atomic E-state index is 0.158. The predicted molar refractivity (Wildman–Crippen MR) is 53.9 cm³/mol. The van der Waals surface area contributed by atoms with Gasteiger partial charge in [-0.2, -0.15) is 0 Å². The van der Waals surface area contributed by atoms with E-state index in [-0.39, 0.29) is 10.8 Å². The first-order valence-electron chi connectivity index (χ1n) is 4.76. The molecule has 1 aromatic rings. The maximum absolute atomic E-state index is 13.4. The zero-order valence-electron chi connectivity index (χ0n) is 7.76. The molecule has 1 saturated carbocycles. The van der Waals surface area contributed by atoms with Crippen LogP contribution in [0.25, 0.3) is 0 Å². The molecule has 0 radical (unpaired) electrons. The van der Waals surface area contributed by atoms with E-state index in [1.807, 2.05) is 0 Å². The Hall–Kier alpha value is -0.600. The average molecular weight is 215 g/mol. The number of benzene rings is 1. The van der Waals surface area contributed by atoms with Crippen LogP contribution in [-0.4, -0.2) is 10.7 Å². The molecule has 1 fully saturated rings. The molecule has 0 amide bonds. The van der Waals surface area contributed by atoms with Crippen LogP contribution in [0, 0.1) is 5.82 Å².